The predicted molar refractivity (Wildman–Crippen MR) is 62.4 cm³/mol. The number of halogens is 4. The molecule has 1 aliphatic carbocycles. The molecule has 0 aromatic rings. The van der Waals surface area contributed by atoms with Crippen molar-refractivity contribution in [2.24, 2.45) is 11.8 Å². The van der Waals surface area contributed by atoms with E-state index in [-0.39, 0.29) is 17.5 Å². The highest BCUT2D eigenvalue weighted by molar-refractivity contribution is 9.09. The van der Waals surface area contributed by atoms with E-state index in [1.165, 1.54) is 25.7 Å². The Kier molecular flexibility index (Phi) is 5.82. The fourth-order valence-electron chi connectivity index (χ4n) is 2.19. The van der Waals surface area contributed by atoms with E-state index in [9.17, 15) is 13.2 Å². The molecule has 90 valence electrons. The van der Waals surface area contributed by atoms with Crippen LogP contribution in [0.25, 0.3) is 0 Å². The molecule has 0 aromatic heterocycles. The molecular formula is C10H16BrF3S. The Hall–Kier alpha value is 0.620. The third-order valence-corrected chi connectivity index (χ3v) is 4.62. The molecule has 0 bridgehead atoms. The molecule has 0 spiro atoms. The Morgan fingerprint density at radius 2 is 1.87 bits per heavy atom. The van der Waals surface area contributed by atoms with Crippen molar-refractivity contribution in [1.29, 1.82) is 0 Å². The molecule has 0 nitrogen and oxygen atoms in total. The lowest BCUT2D eigenvalue weighted by atomic mass is 9.90. The van der Waals surface area contributed by atoms with Gasteiger partial charge in [0.1, 0.15) is 0 Å². The van der Waals surface area contributed by atoms with Crippen LogP contribution in [0, 0.1) is 11.8 Å². The zero-order chi connectivity index (χ0) is 11.3. The van der Waals surface area contributed by atoms with Crippen molar-refractivity contribution < 1.29 is 13.2 Å². The summed E-state index contributed by atoms with van der Waals surface area (Å²) < 4.78 is 35.8. The van der Waals surface area contributed by atoms with Gasteiger partial charge in [-0.1, -0.05) is 53.4 Å². The maximum absolute atomic E-state index is 11.9. The molecule has 0 amide bonds. The first-order valence-electron chi connectivity index (χ1n) is 5.29. The van der Waals surface area contributed by atoms with Crippen LogP contribution in [-0.4, -0.2) is 16.6 Å². The number of alkyl halides is 4. The Bertz CT molecular complexity index is 178. The fourth-order valence-corrected chi connectivity index (χ4v) is 3.70. The van der Waals surface area contributed by atoms with Gasteiger partial charge in [-0.15, -0.1) is 0 Å². The molecule has 1 atom stereocenters. The molecule has 1 unspecified atom stereocenters. The third-order valence-electron chi connectivity index (χ3n) is 3.02. The van der Waals surface area contributed by atoms with Crippen molar-refractivity contribution in [3.05, 3.63) is 0 Å². The Labute approximate surface area is 102 Å². The van der Waals surface area contributed by atoms with Crippen molar-refractivity contribution in [3.8, 4) is 0 Å². The minimum atomic E-state index is -4.06. The van der Waals surface area contributed by atoms with Crippen molar-refractivity contribution >= 4 is 27.7 Å². The monoisotopic (exact) mass is 304 g/mol. The number of hydrogen-bond donors (Lipinski definition) is 0. The molecule has 0 N–H and O–H groups in total. The van der Waals surface area contributed by atoms with Crippen LogP contribution in [0.5, 0.6) is 0 Å². The van der Waals surface area contributed by atoms with Gasteiger partial charge in [0.05, 0.1) is 0 Å². The molecule has 0 aliphatic heterocycles. The normalized spacial score (nSPS) is 20.8. The van der Waals surface area contributed by atoms with Crippen LogP contribution in [0.3, 0.4) is 0 Å². The SMILES string of the molecule is FC(F)(F)SCCC(CBr)C1CCCC1. The summed E-state index contributed by atoms with van der Waals surface area (Å²) in [6.45, 7) is 0. The smallest absolute Gasteiger partial charge is 0.160 e. The Balaban J connectivity index is 2.21. The van der Waals surface area contributed by atoms with Crippen LogP contribution >= 0.6 is 27.7 Å². The average Bonchev–Trinajstić information content (AvgIpc) is 2.63. The maximum Gasteiger partial charge on any atom is 0.441 e. The van der Waals surface area contributed by atoms with Gasteiger partial charge >= 0.3 is 5.51 Å². The van der Waals surface area contributed by atoms with E-state index in [1.54, 1.807) is 0 Å². The van der Waals surface area contributed by atoms with E-state index in [2.05, 4.69) is 15.9 Å². The van der Waals surface area contributed by atoms with Crippen LogP contribution in [0.2, 0.25) is 0 Å². The summed E-state index contributed by atoms with van der Waals surface area (Å²) in [7, 11) is 0. The van der Waals surface area contributed by atoms with Crippen molar-refractivity contribution in [2.75, 3.05) is 11.1 Å². The zero-order valence-corrected chi connectivity index (χ0v) is 10.9. The summed E-state index contributed by atoms with van der Waals surface area (Å²) in [5, 5.41) is 0.843. The molecule has 1 rings (SSSR count). The van der Waals surface area contributed by atoms with Crippen molar-refractivity contribution in [3.63, 3.8) is 0 Å². The topological polar surface area (TPSA) is 0 Å². The average molecular weight is 305 g/mol. The second-order valence-electron chi connectivity index (χ2n) is 4.04. The highest BCUT2D eigenvalue weighted by Gasteiger charge is 2.29. The third kappa shape index (κ3) is 5.48. The van der Waals surface area contributed by atoms with Gasteiger partial charge in [-0.05, 0) is 18.3 Å². The van der Waals surface area contributed by atoms with Crippen LogP contribution in [0.15, 0.2) is 0 Å². The van der Waals surface area contributed by atoms with E-state index < -0.39 is 5.51 Å². The summed E-state index contributed by atoms with van der Waals surface area (Å²) in [5.41, 5.74) is -4.06. The summed E-state index contributed by atoms with van der Waals surface area (Å²) in [6, 6.07) is 0. The van der Waals surface area contributed by atoms with E-state index >= 15 is 0 Å². The van der Waals surface area contributed by atoms with Crippen molar-refractivity contribution in [2.45, 2.75) is 37.6 Å². The highest BCUT2D eigenvalue weighted by atomic mass is 79.9. The summed E-state index contributed by atoms with van der Waals surface area (Å²) in [5.74, 6) is 1.29. The molecule has 1 saturated carbocycles. The zero-order valence-electron chi connectivity index (χ0n) is 8.52. The first kappa shape index (κ1) is 13.7. The van der Waals surface area contributed by atoms with E-state index in [1.807, 2.05) is 0 Å². The van der Waals surface area contributed by atoms with E-state index in [4.69, 9.17) is 0 Å². The lowest BCUT2D eigenvalue weighted by molar-refractivity contribution is -0.0328. The van der Waals surface area contributed by atoms with Gasteiger partial charge in [-0.25, -0.2) is 0 Å². The summed E-state index contributed by atoms with van der Waals surface area (Å²) in [4.78, 5) is 0. The number of thioether (sulfide) groups is 1. The van der Waals surface area contributed by atoms with Gasteiger partial charge in [0.25, 0.3) is 0 Å². The lowest BCUT2D eigenvalue weighted by Gasteiger charge is -2.21. The van der Waals surface area contributed by atoms with Crippen LogP contribution in [0.4, 0.5) is 13.2 Å². The molecule has 0 aromatic carbocycles. The fraction of sp³-hybridized carbons (Fsp3) is 1.00. The number of hydrogen-bond acceptors (Lipinski definition) is 1. The van der Waals surface area contributed by atoms with Gasteiger partial charge in [0.15, 0.2) is 0 Å². The maximum atomic E-state index is 11.9. The van der Waals surface area contributed by atoms with Crippen molar-refractivity contribution in [1.82, 2.24) is 0 Å². The second kappa shape index (κ2) is 6.38. The second-order valence-corrected chi connectivity index (χ2v) is 5.85. The molecule has 1 fully saturated rings. The minimum Gasteiger partial charge on any atom is -0.160 e. The molecule has 0 saturated heterocycles. The first-order valence-corrected chi connectivity index (χ1v) is 7.40. The largest absolute Gasteiger partial charge is 0.441 e. The van der Waals surface area contributed by atoms with E-state index in [0.29, 0.717) is 18.3 Å². The first-order chi connectivity index (χ1) is 7.03. The van der Waals surface area contributed by atoms with Gasteiger partial charge in [-0.3, -0.25) is 0 Å². The molecular weight excluding hydrogens is 289 g/mol. The molecule has 0 heterocycles. The molecule has 0 radical (unpaired) electrons. The quantitative estimate of drug-likeness (QED) is 0.656. The van der Waals surface area contributed by atoms with Gasteiger partial charge in [-0.2, -0.15) is 13.2 Å². The standard InChI is InChI=1S/C10H16BrF3S/c11-7-9(8-3-1-2-4-8)5-6-15-10(12,13)14/h8-9H,1-7H2. The number of rotatable bonds is 5. The molecule has 15 heavy (non-hydrogen) atoms. The van der Waals surface area contributed by atoms with Gasteiger partial charge < -0.3 is 0 Å². The van der Waals surface area contributed by atoms with Crippen LogP contribution in [-0.2, 0) is 0 Å². The highest BCUT2D eigenvalue weighted by Crippen LogP contribution is 2.37. The Morgan fingerprint density at radius 3 is 2.33 bits per heavy atom. The molecule has 1 aliphatic rings. The minimum absolute atomic E-state index is 0.115. The van der Waals surface area contributed by atoms with Crippen LogP contribution in [0.1, 0.15) is 32.1 Å². The Morgan fingerprint density at radius 1 is 1.27 bits per heavy atom. The summed E-state index contributed by atoms with van der Waals surface area (Å²) in [6.07, 6.45) is 5.58. The van der Waals surface area contributed by atoms with Gasteiger partial charge in [0.2, 0.25) is 0 Å². The summed E-state index contributed by atoms with van der Waals surface area (Å²) >= 11 is 3.53. The lowest BCUT2D eigenvalue weighted by Crippen LogP contribution is -2.15. The predicted octanol–water partition coefficient (Wildman–Crippen LogP) is 4.83. The van der Waals surface area contributed by atoms with Gasteiger partial charge in [0, 0.05) is 11.1 Å². The van der Waals surface area contributed by atoms with Crippen LogP contribution < -0.4 is 0 Å². The molecule has 5 heteroatoms. The van der Waals surface area contributed by atoms with E-state index in [0.717, 1.165) is 5.33 Å².